The van der Waals surface area contributed by atoms with Crippen molar-refractivity contribution in [2.75, 3.05) is 14.2 Å². The summed E-state index contributed by atoms with van der Waals surface area (Å²) in [6, 6.07) is 8.56. The fourth-order valence-electron chi connectivity index (χ4n) is 3.42. The van der Waals surface area contributed by atoms with Crippen LogP contribution < -0.4 is 9.47 Å². The average molecular weight is 358 g/mol. The summed E-state index contributed by atoms with van der Waals surface area (Å²) in [5.74, 6) is 1.46. The highest BCUT2D eigenvalue weighted by Crippen LogP contribution is 2.37. The molecule has 0 fully saturated rings. The van der Waals surface area contributed by atoms with E-state index in [1.54, 1.807) is 21.1 Å². The molecule has 4 heteroatoms. The molecule has 0 bridgehead atoms. The summed E-state index contributed by atoms with van der Waals surface area (Å²) in [5.41, 5.74) is 3.53. The predicted molar refractivity (Wildman–Crippen MR) is 102 cm³/mol. The lowest BCUT2D eigenvalue weighted by Crippen LogP contribution is -2.07. The predicted octanol–water partition coefficient (Wildman–Crippen LogP) is 5.48. The Bertz CT molecular complexity index is 766. The van der Waals surface area contributed by atoms with Crippen LogP contribution in [0.5, 0.6) is 11.5 Å². The number of methoxy groups -OCH3 is 2. The number of benzene rings is 2. The summed E-state index contributed by atoms with van der Waals surface area (Å²) in [6.07, 6.45) is 2.60. The molecule has 0 amide bonds. The van der Waals surface area contributed by atoms with Gasteiger partial charge in [0.15, 0.2) is 5.78 Å². The zero-order valence-electron chi connectivity index (χ0n) is 16.2. The third kappa shape index (κ3) is 4.43. The van der Waals surface area contributed by atoms with E-state index in [1.165, 1.54) is 12.1 Å². The van der Waals surface area contributed by atoms with Crippen LogP contribution in [0.15, 0.2) is 30.3 Å². The summed E-state index contributed by atoms with van der Waals surface area (Å²) >= 11 is 0. The van der Waals surface area contributed by atoms with E-state index in [2.05, 4.69) is 6.92 Å². The van der Waals surface area contributed by atoms with Crippen LogP contribution in [0.3, 0.4) is 0 Å². The van der Waals surface area contributed by atoms with Crippen molar-refractivity contribution in [3.05, 3.63) is 58.4 Å². The molecule has 0 saturated heterocycles. The lowest BCUT2D eigenvalue weighted by molar-refractivity contribution is 0.101. The number of hydrogen-bond donors (Lipinski definition) is 0. The average Bonchev–Trinajstić information content (AvgIpc) is 2.61. The SMILES string of the molecule is COc1cc(C)c(C(C)=O)c(OC)c1CCCC(C)c1ccc(F)cc1. The Kier molecular flexibility index (Phi) is 6.78. The minimum absolute atomic E-state index is 0.0112. The molecule has 3 nitrogen and oxygen atoms in total. The number of rotatable bonds is 8. The van der Waals surface area contributed by atoms with Gasteiger partial charge in [-0.2, -0.15) is 0 Å². The van der Waals surface area contributed by atoms with E-state index in [4.69, 9.17) is 9.47 Å². The largest absolute Gasteiger partial charge is 0.496 e. The van der Waals surface area contributed by atoms with E-state index in [1.807, 2.05) is 25.1 Å². The first kappa shape index (κ1) is 20.0. The monoisotopic (exact) mass is 358 g/mol. The molecule has 140 valence electrons. The van der Waals surface area contributed by atoms with E-state index in [0.717, 1.165) is 41.7 Å². The minimum Gasteiger partial charge on any atom is -0.496 e. The Morgan fingerprint density at radius 1 is 1.15 bits per heavy atom. The number of carbonyl (C=O) groups is 1. The van der Waals surface area contributed by atoms with Crippen LogP contribution in [0.4, 0.5) is 4.39 Å². The number of Topliss-reactive ketones (excluding diaryl/α,β-unsaturated/α-hetero) is 1. The van der Waals surface area contributed by atoms with Crippen LogP contribution in [0, 0.1) is 12.7 Å². The zero-order chi connectivity index (χ0) is 19.3. The van der Waals surface area contributed by atoms with Gasteiger partial charge in [-0.25, -0.2) is 4.39 Å². The van der Waals surface area contributed by atoms with Crippen molar-refractivity contribution in [1.82, 2.24) is 0 Å². The number of halogens is 1. The van der Waals surface area contributed by atoms with Gasteiger partial charge < -0.3 is 9.47 Å². The molecular weight excluding hydrogens is 331 g/mol. The van der Waals surface area contributed by atoms with E-state index in [-0.39, 0.29) is 11.6 Å². The van der Waals surface area contributed by atoms with Gasteiger partial charge in [0.05, 0.1) is 19.8 Å². The second-order valence-corrected chi connectivity index (χ2v) is 6.68. The molecule has 0 aliphatic rings. The van der Waals surface area contributed by atoms with Gasteiger partial charge in [0.25, 0.3) is 0 Å². The van der Waals surface area contributed by atoms with Gasteiger partial charge in [-0.1, -0.05) is 19.1 Å². The summed E-state index contributed by atoms with van der Waals surface area (Å²) in [7, 11) is 3.22. The molecule has 0 aromatic heterocycles. The van der Waals surface area contributed by atoms with Crippen molar-refractivity contribution in [3.63, 3.8) is 0 Å². The Morgan fingerprint density at radius 3 is 2.35 bits per heavy atom. The molecule has 0 aliphatic carbocycles. The molecule has 1 atom stereocenters. The third-order valence-electron chi connectivity index (χ3n) is 4.82. The van der Waals surface area contributed by atoms with Gasteiger partial charge in [-0.15, -0.1) is 0 Å². The van der Waals surface area contributed by atoms with Crippen LogP contribution in [0.1, 0.15) is 59.7 Å². The van der Waals surface area contributed by atoms with Crippen LogP contribution in [-0.2, 0) is 6.42 Å². The van der Waals surface area contributed by atoms with E-state index >= 15 is 0 Å². The number of hydrogen-bond acceptors (Lipinski definition) is 3. The van der Waals surface area contributed by atoms with Gasteiger partial charge in [-0.05, 0) is 68.4 Å². The highest BCUT2D eigenvalue weighted by Gasteiger charge is 2.20. The standard InChI is InChI=1S/C22H27FO3/c1-14(17-9-11-18(23)12-10-17)7-6-8-19-20(25-4)13-15(2)21(16(3)24)22(19)26-5/h9-14H,6-8H2,1-5H3. The summed E-state index contributed by atoms with van der Waals surface area (Å²) in [6.45, 7) is 5.58. The summed E-state index contributed by atoms with van der Waals surface area (Å²) < 4.78 is 24.2. The molecule has 0 N–H and O–H groups in total. The molecule has 0 radical (unpaired) electrons. The van der Waals surface area contributed by atoms with Crippen molar-refractivity contribution in [2.24, 2.45) is 0 Å². The first-order valence-corrected chi connectivity index (χ1v) is 8.89. The van der Waals surface area contributed by atoms with Crippen LogP contribution in [0.25, 0.3) is 0 Å². The van der Waals surface area contributed by atoms with E-state index in [0.29, 0.717) is 17.2 Å². The molecule has 0 saturated carbocycles. The van der Waals surface area contributed by atoms with Crippen LogP contribution in [0.2, 0.25) is 0 Å². The minimum atomic E-state index is -0.216. The molecule has 1 unspecified atom stereocenters. The number of carbonyl (C=O) groups excluding carboxylic acids is 1. The Hall–Kier alpha value is -2.36. The third-order valence-corrected chi connectivity index (χ3v) is 4.82. The quantitative estimate of drug-likeness (QED) is 0.586. The first-order valence-electron chi connectivity index (χ1n) is 8.89. The number of aryl methyl sites for hydroxylation is 1. The highest BCUT2D eigenvalue weighted by molar-refractivity contribution is 5.99. The Morgan fingerprint density at radius 2 is 1.81 bits per heavy atom. The van der Waals surface area contributed by atoms with Crippen molar-refractivity contribution in [3.8, 4) is 11.5 Å². The molecule has 2 aromatic carbocycles. The van der Waals surface area contributed by atoms with Crippen LogP contribution in [-0.4, -0.2) is 20.0 Å². The highest BCUT2D eigenvalue weighted by atomic mass is 19.1. The molecule has 0 heterocycles. The van der Waals surface area contributed by atoms with Gasteiger partial charge in [-0.3, -0.25) is 4.79 Å². The lowest BCUT2D eigenvalue weighted by Gasteiger charge is -2.19. The van der Waals surface area contributed by atoms with E-state index in [9.17, 15) is 9.18 Å². The maximum atomic E-state index is 13.1. The van der Waals surface area contributed by atoms with Crippen molar-refractivity contribution >= 4 is 5.78 Å². The molecule has 0 aliphatic heterocycles. The Balaban J connectivity index is 2.19. The maximum absolute atomic E-state index is 13.1. The topological polar surface area (TPSA) is 35.5 Å². The fraction of sp³-hybridized carbons (Fsp3) is 0.409. The summed E-state index contributed by atoms with van der Waals surface area (Å²) in [4.78, 5) is 12.0. The van der Waals surface area contributed by atoms with Gasteiger partial charge in [0, 0.05) is 5.56 Å². The second-order valence-electron chi connectivity index (χ2n) is 6.68. The maximum Gasteiger partial charge on any atom is 0.163 e. The van der Waals surface area contributed by atoms with Crippen molar-refractivity contribution < 1.29 is 18.7 Å². The van der Waals surface area contributed by atoms with Crippen molar-refractivity contribution in [2.45, 2.75) is 46.0 Å². The molecule has 0 spiro atoms. The fourth-order valence-corrected chi connectivity index (χ4v) is 3.42. The molecular formula is C22H27FO3. The summed E-state index contributed by atoms with van der Waals surface area (Å²) in [5, 5.41) is 0. The van der Waals surface area contributed by atoms with Crippen molar-refractivity contribution in [1.29, 1.82) is 0 Å². The molecule has 2 aromatic rings. The second kappa shape index (κ2) is 8.84. The zero-order valence-corrected chi connectivity index (χ0v) is 16.2. The van der Waals surface area contributed by atoms with Gasteiger partial charge in [0.1, 0.15) is 17.3 Å². The first-order chi connectivity index (χ1) is 12.4. The molecule has 26 heavy (non-hydrogen) atoms. The normalized spacial score (nSPS) is 11.9. The number of ether oxygens (including phenoxy) is 2. The van der Waals surface area contributed by atoms with Crippen LogP contribution >= 0.6 is 0 Å². The smallest absolute Gasteiger partial charge is 0.163 e. The number of ketones is 1. The van der Waals surface area contributed by atoms with E-state index < -0.39 is 0 Å². The molecule has 2 rings (SSSR count). The lowest BCUT2D eigenvalue weighted by atomic mass is 9.92. The van der Waals surface area contributed by atoms with Gasteiger partial charge in [0.2, 0.25) is 0 Å². The van der Waals surface area contributed by atoms with Gasteiger partial charge >= 0.3 is 0 Å². The Labute approximate surface area is 155 Å².